The van der Waals surface area contributed by atoms with Crippen molar-refractivity contribution in [2.75, 3.05) is 0 Å². The van der Waals surface area contributed by atoms with Gasteiger partial charge in [0.05, 0.1) is 5.56 Å². The van der Waals surface area contributed by atoms with E-state index in [2.05, 4.69) is 0 Å². The Balaban J connectivity index is 2.56. The molecule has 0 heterocycles. The van der Waals surface area contributed by atoms with Gasteiger partial charge in [-0.05, 0) is 36.2 Å². The van der Waals surface area contributed by atoms with E-state index in [1.807, 2.05) is 31.2 Å². The number of aryl methyl sites for hydroxylation is 1. The summed E-state index contributed by atoms with van der Waals surface area (Å²) >= 11 is 0. The molecule has 2 aromatic carbocycles. The molecule has 0 bridgehead atoms. The smallest absolute Gasteiger partial charge is 0.335 e. The standard InChI is InChI=1S/C14H12O3/c1-9-3-2-4-10(5-9)11-6-12(14(16)17)8-13(15)7-11/h2-8,15H,1H3,(H,16,17). The summed E-state index contributed by atoms with van der Waals surface area (Å²) in [6.07, 6.45) is 0. The second-order valence-corrected chi connectivity index (χ2v) is 3.94. The minimum Gasteiger partial charge on any atom is -0.508 e. The molecule has 0 atom stereocenters. The lowest BCUT2D eigenvalue weighted by Crippen LogP contribution is -1.96. The van der Waals surface area contributed by atoms with Crippen LogP contribution in [0.5, 0.6) is 5.75 Å². The maximum atomic E-state index is 10.9. The number of rotatable bonds is 2. The Kier molecular flexibility index (Phi) is 2.83. The maximum Gasteiger partial charge on any atom is 0.335 e. The van der Waals surface area contributed by atoms with E-state index in [0.29, 0.717) is 5.56 Å². The molecule has 0 aliphatic heterocycles. The van der Waals surface area contributed by atoms with Crippen LogP contribution in [0.15, 0.2) is 42.5 Å². The van der Waals surface area contributed by atoms with Crippen molar-refractivity contribution in [3.05, 3.63) is 53.6 Å². The third-order valence-corrected chi connectivity index (χ3v) is 2.52. The van der Waals surface area contributed by atoms with Gasteiger partial charge in [0, 0.05) is 0 Å². The normalized spacial score (nSPS) is 10.2. The molecule has 0 aliphatic carbocycles. The fourth-order valence-electron chi connectivity index (χ4n) is 1.73. The number of phenols is 1. The van der Waals surface area contributed by atoms with E-state index in [1.165, 1.54) is 6.07 Å². The van der Waals surface area contributed by atoms with Gasteiger partial charge in [-0.3, -0.25) is 0 Å². The van der Waals surface area contributed by atoms with Crippen molar-refractivity contribution >= 4 is 5.97 Å². The average Bonchev–Trinajstić information content (AvgIpc) is 2.28. The van der Waals surface area contributed by atoms with Crippen LogP contribution in [0.3, 0.4) is 0 Å². The molecule has 2 N–H and O–H groups in total. The average molecular weight is 228 g/mol. The van der Waals surface area contributed by atoms with E-state index >= 15 is 0 Å². The number of benzene rings is 2. The van der Waals surface area contributed by atoms with E-state index in [9.17, 15) is 9.90 Å². The molecule has 17 heavy (non-hydrogen) atoms. The van der Waals surface area contributed by atoms with Gasteiger partial charge < -0.3 is 10.2 Å². The van der Waals surface area contributed by atoms with E-state index in [-0.39, 0.29) is 11.3 Å². The first-order chi connectivity index (χ1) is 8.06. The number of aromatic carboxylic acids is 1. The molecule has 0 amide bonds. The molecule has 0 aliphatic rings. The summed E-state index contributed by atoms with van der Waals surface area (Å²) in [5, 5.41) is 18.4. The van der Waals surface area contributed by atoms with E-state index in [1.54, 1.807) is 12.1 Å². The van der Waals surface area contributed by atoms with Crippen molar-refractivity contribution in [1.29, 1.82) is 0 Å². The fourth-order valence-corrected chi connectivity index (χ4v) is 1.73. The van der Waals surface area contributed by atoms with Gasteiger partial charge in [0.2, 0.25) is 0 Å². The number of phenolic OH excluding ortho intramolecular Hbond substituents is 1. The highest BCUT2D eigenvalue weighted by Gasteiger charge is 2.07. The molecule has 2 aromatic rings. The Morgan fingerprint density at radius 2 is 1.82 bits per heavy atom. The molecule has 0 spiro atoms. The molecule has 0 fully saturated rings. The summed E-state index contributed by atoms with van der Waals surface area (Å²) in [6.45, 7) is 1.96. The van der Waals surface area contributed by atoms with Gasteiger partial charge in [0.1, 0.15) is 5.75 Å². The molecular formula is C14H12O3. The van der Waals surface area contributed by atoms with Crippen molar-refractivity contribution < 1.29 is 15.0 Å². The van der Waals surface area contributed by atoms with E-state index in [4.69, 9.17) is 5.11 Å². The Hall–Kier alpha value is -2.29. The first kappa shape index (κ1) is 11.2. The van der Waals surface area contributed by atoms with Gasteiger partial charge in [0.15, 0.2) is 0 Å². The summed E-state index contributed by atoms with van der Waals surface area (Å²) in [5.74, 6) is -1.09. The van der Waals surface area contributed by atoms with E-state index in [0.717, 1.165) is 11.1 Å². The highest BCUT2D eigenvalue weighted by Crippen LogP contribution is 2.26. The highest BCUT2D eigenvalue weighted by molar-refractivity contribution is 5.90. The Labute approximate surface area is 99.0 Å². The van der Waals surface area contributed by atoms with Crippen LogP contribution in [0.25, 0.3) is 11.1 Å². The van der Waals surface area contributed by atoms with Crippen LogP contribution >= 0.6 is 0 Å². The largest absolute Gasteiger partial charge is 0.508 e. The first-order valence-electron chi connectivity index (χ1n) is 5.20. The molecular weight excluding hydrogens is 216 g/mol. The van der Waals surface area contributed by atoms with Crippen molar-refractivity contribution in [2.45, 2.75) is 6.92 Å². The molecule has 2 rings (SSSR count). The second kappa shape index (κ2) is 4.29. The van der Waals surface area contributed by atoms with Gasteiger partial charge in [-0.15, -0.1) is 0 Å². The highest BCUT2D eigenvalue weighted by atomic mass is 16.4. The SMILES string of the molecule is Cc1cccc(-c2cc(O)cc(C(=O)O)c2)c1. The van der Waals surface area contributed by atoms with Crippen LogP contribution in [0.2, 0.25) is 0 Å². The fraction of sp³-hybridized carbons (Fsp3) is 0.0714. The molecule has 86 valence electrons. The number of aromatic hydroxyl groups is 1. The van der Waals surface area contributed by atoms with Crippen molar-refractivity contribution in [1.82, 2.24) is 0 Å². The number of carboxylic acids is 1. The lowest BCUT2D eigenvalue weighted by molar-refractivity contribution is 0.0696. The van der Waals surface area contributed by atoms with Gasteiger partial charge in [-0.2, -0.15) is 0 Å². The van der Waals surface area contributed by atoms with Gasteiger partial charge in [0.25, 0.3) is 0 Å². The lowest BCUT2D eigenvalue weighted by atomic mass is 10.0. The predicted octanol–water partition coefficient (Wildman–Crippen LogP) is 3.07. The number of carboxylic acid groups (broad SMARTS) is 1. The predicted molar refractivity (Wildman–Crippen MR) is 65.2 cm³/mol. The molecule has 0 saturated heterocycles. The number of hydrogen-bond acceptors (Lipinski definition) is 2. The summed E-state index contributed by atoms with van der Waals surface area (Å²) in [5.41, 5.74) is 2.76. The minimum atomic E-state index is -1.05. The molecule has 3 heteroatoms. The number of hydrogen-bond donors (Lipinski definition) is 2. The summed E-state index contributed by atoms with van der Waals surface area (Å²) in [4.78, 5) is 10.9. The minimum absolute atomic E-state index is 0.0404. The van der Waals surface area contributed by atoms with Gasteiger partial charge >= 0.3 is 5.97 Å². The Morgan fingerprint density at radius 1 is 1.06 bits per heavy atom. The summed E-state index contributed by atoms with van der Waals surface area (Å²) < 4.78 is 0. The molecule has 0 aromatic heterocycles. The monoisotopic (exact) mass is 228 g/mol. The zero-order chi connectivity index (χ0) is 12.4. The first-order valence-corrected chi connectivity index (χ1v) is 5.20. The molecule has 0 unspecified atom stereocenters. The van der Waals surface area contributed by atoms with E-state index < -0.39 is 5.97 Å². The van der Waals surface area contributed by atoms with Crippen LogP contribution in [-0.4, -0.2) is 16.2 Å². The maximum absolute atomic E-state index is 10.9. The Bertz CT molecular complexity index is 573. The van der Waals surface area contributed by atoms with Crippen molar-refractivity contribution in [3.8, 4) is 16.9 Å². The molecule has 3 nitrogen and oxygen atoms in total. The zero-order valence-electron chi connectivity index (χ0n) is 9.34. The van der Waals surface area contributed by atoms with Crippen LogP contribution < -0.4 is 0 Å². The van der Waals surface area contributed by atoms with Crippen LogP contribution in [0.1, 0.15) is 15.9 Å². The lowest BCUT2D eigenvalue weighted by Gasteiger charge is -2.05. The van der Waals surface area contributed by atoms with Crippen LogP contribution in [0.4, 0.5) is 0 Å². The van der Waals surface area contributed by atoms with Crippen molar-refractivity contribution in [2.24, 2.45) is 0 Å². The van der Waals surface area contributed by atoms with Crippen LogP contribution in [0, 0.1) is 6.92 Å². The summed E-state index contributed by atoms with van der Waals surface area (Å²) in [7, 11) is 0. The third-order valence-electron chi connectivity index (χ3n) is 2.52. The quantitative estimate of drug-likeness (QED) is 0.830. The molecule has 0 radical (unpaired) electrons. The van der Waals surface area contributed by atoms with Gasteiger partial charge in [-0.25, -0.2) is 4.79 Å². The van der Waals surface area contributed by atoms with Gasteiger partial charge in [-0.1, -0.05) is 29.8 Å². The zero-order valence-corrected chi connectivity index (χ0v) is 9.34. The topological polar surface area (TPSA) is 57.5 Å². The van der Waals surface area contributed by atoms with Crippen LogP contribution in [-0.2, 0) is 0 Å². The summed E-state index contributed by atoms with van der Waals surface area (Å²) in [6, 6.07) is 12.0. The second-order valence-electron chi connectivity index (χ2n) is 3.94. The Morgan fingerprint density at radius 3 is 2.47 bits per heavy atom. The third kappa shape index (κ3) is 2.45. The molecule has 0 saturated carbocycles. The van der Waals surface area contributed by atoms with Crippen molar-refractivity contribution in [3.63, 3.8) is 0 Å². The number of carbonyl (C=O) groups is 1.